The number of amides is 2. The number of thiazole rings is 1. The van der Waals surface area contributed by atoms with Crippen LogP contribution in [-0.4, -0.2) is 23.8 Å². The van der Waals surface area contributed by atoms with Crippen molar-refractivity contribution >= 4 is 50.3 Å². The summed E-state index contributed by atoms with van der Waals surface area (Å²) in [7, 11) is 1.60. The largest absolute Gasteiger partial charge is 0.355 e. The summed E-state index contributed by atoms with van der Waals surface area (Å²) in [5.41, 5.74) is 5.20. The van der Waals surface area contributed by atoms with Gasteiger partial charge in [0.05, 0.1) is 15.9 Å². The lowest BCUT2D eigenvalue weighted by molar-refractivity contribution is -0.113. The molecule has 4 rings (SSSR count). The van der Waals surface area contributed by atoms with E-state index in [0.717, 1.165) is 32.6 Å². The number of carbonyl (C=O) groups excluding carboxylic acids is 2. The van der Waals surface area contributed by atoms with Crippen LogP contribution in [0.15, 0.2) is 72.8 Å². The van der Waals surface area contributed by atoms with Crippen LogP contribution in [-0.2, 0) is 4.79 Å². The number of carbonyl (C=O) groups is 2. The fourth-order valence-corrected chi connectivity index (χ4v) is 4.49. The predicted octanol–water partition coefficient (Wildman–Crippen LogP) is 5.65. The highest BCUT2D eigenvalue weighted by Crippen LogP contribution is 2.34. The number of aromatic nitrogens is 1. The first-order chi connectivity index (χ1) is 15.4. The first-order valence-electron chi connectivity index (χ1n) is 10.2. The molecule has 160 valence electrons. The van der Waals surface area contributed by atoms with Gasteiger partial charge < -0.3 is 5.32 Å². The number of para-hydroxylation sites is 1. The Labute approximate surface area is 191 Å². The van der Waals surface area contributed by atoms with Gasteiger partial charge in [0.1, 0.15) is 0 Å². The molecule has 1 heterocycles. The van der Waals surface area contributed by atoms with Gasteiger partial charge in [-0.1, -0.05) is 41.7 Å². The minimum atomic E-state index is -0.190. The van der Waals surface area contributed by atoms with Crippen LogP contribution in [0.2, 0.25) is 0 Å². The highest BCUT2D eigenvalue weighted by atomic mass is 32.1. The van der Waals surface area contributed by atoms with Crippen molar-refractivity contribution in [2.75, 3.05) is 11.9 Å². The van der Waals surface area contributed by atoms with E-state index < -0.39 is 0 Å². The number of aryl methyl sites for hydroxylation is 2. The molecule has 1 aromatic heterocycles. The van der Waals surface area contributed by atoms with Gasteiger partial charge in [-0.2, -0.15) is 0 Å². The van der Waals surface area contributed by atoms with Gasteiger partial charge in [0.25, 0.3) is 11.8 Å². The molecule has 0 unspecified atom stereocenters. The normalized spacial score (nSPS) is 11.1. The molecule has 0 fully saturated rings. The van der Waals surface area contributed by atoms with E-state index in [1.807, 2.05) is 62.4 Å². The number of nitrogens with zero attached hydrogens (tertiary/aromatic N) is 2. The highest BCUT2D eigenvalue weighted by Gasteiger charge is 2.20. The van der Waals surface area contributed by atoms with E-state index in [2.05, 4.69) is 11.4 Å². The van der Waals surface area contributed by atoms with Crippen LogP contribution in [0.1, 0.15) is 27.0 Å². The van der Waals surface area contributed by atoms with Crippen LogP contribution < -0.4 is 10.2 Å². The smallest absolute Gasteiger partial charge is 0.257 e. The van der Waals surface area contributed by atoms with Crippen LogP contribution >= 0.6 is 11.3 Å². The number of fused-ring (bicyclic) bond motifs is 1. The number of hydrogen-bond acceptors (Lipinski definition) is 4. The van der Waals surface area contributed by atoms with Crippen molar-refractivity contribution in [3.8, 4) is 0 Å². The maximum absolute atomic E-state index is 13.4. The van der Waals surface area contributed by atoms with Gasteiger partial charge in [-0.25, -0.2) is 4.98 Å². The molecule has 1 N–H and O–H groups in total. The van der Waals surface area contributed by atoms with Crippen molar-refractivity contribution < 1.29 is 9.59 Å². The summed E-state index contributed by atoms with van der Waals surface area (Å²) in [5.74, 6) is -0.335. The minimum Gasteiger partial charge on any atom is -0.355 e. The molecule has 0 radical (unpaired) electrons. The zero-order valence-corrected chi connectivity index (χ0v) is 18.9. The molecule has 4 aromatic rings. The molecule has 0 bridgehead atoms. The first-order valence-corrected chi connectivity index (χ1v) is 11.0. The quantitative estimate of drug-likeness (QED) is 0.407. The monoisotopic (exact) mass is 441 g/mol. The molecule has 5 nitrogen and oxygen atoms in total. The second kappa shape index (κ2) is 9.16. The first kappa shape index (κ1) is 21.5. The van der Waals surface area contributed by atoms with Crippen molar-refractivity contribution in [3.63, 3.8) is 0 Å². The SMILES string of the molecule is CNC(=O)c1ccc(C=CC(=O)N(c2cc(C)cc(C)c2)c2nc3ccccc3s2)cc1. The fraction of sp³-hybridized carbons (Fsp3) is 0.115. The third-order valence-electron chi connectivity index (χ3n) is 4.98. The summed E-state index contributed by atoms with van der Waals surface area (Å²) in [6.07, 6.45) is 3.29. The molecule has 3 aromatic carbocycles. The number of rotatable bonds is 5. The third kappa shape index (κ3) is 4.60. The predicted molar refractivity (Wildman–Crippen MR) is 132 cm³/mol. The second-order valence-electron chi connectivity index (χ2n) is 7.52. The Bertz CT molecular complexity index is 1270. The number of benzene rings is 3. The highest BCUT2D eigenvalue weighted by molar-refractivity contribution is 7.22. The zero-order chi connectivity index (χ0) is 22.7. The molecule has 0 spiro atoms. The average molecular weight is 442 g/mol. The lowest BCUT2D eigenvalue weighted by Gasteiger charge is -2.19. The Balaban J connectivity index is 1.70. The van der Waals surface area contributed by atoms with Gasteiger partial charge in [0.2, 0.25) is 0 Å². The van der Waals surface area contributed by atoms with E-state index in [9.17, 15) is 9.59 Å². The summed E-state index contributed by atoms with van der Waals surface area (Å²) < 4.78 is 1.03. The number of hydrogen-bond donors (Lipinski definition) is 1. The molecule has 32 heavy (non-hydrogen) atoms. The molecule has 0 saturated heterocycles. The Morgan fingerprint density at radius 1 is 0.969 bits per heavy atom. The maximum atomic E-state index is 13.4. The molecular weight excluding hydrogens is 418 g/mol. The van der Waals surface area contributed by atoms with E-state index >= 15 is 0 Å². The van der Waals surface area contributed by atoms with Gasteiger partial charge >= 0.3 is 0 Å². The van der Waals surface area contributed by atoms with Gasteiger partial charge in [0.15, 0.2) is 5.13 Å². The van der Waals surface area contributed by atoms with Crippen molar-refractivity contribution in [2.24, 2.45) is 0 Å². The summed E-state index contributed by atoms with van der Waals surface area (Å²) in [4.78, 5) is 31.5. The molecule has 0 saturated carbocycles. The fourth-order valence-electron chi connectivity index (χ4n) is 3.50. The Kier molecular flexibility index (Phi) is 6.14. The molecule has 0 aliphatic carbocycles. The van der Waals surface area contributed by atoms with Crippen LogP contribution in [0.3, 0.4) is 0 Å². The van der Waals surface area contributed by atoms with E-state index in [1.54, 1.807) is 36.2 Å². The number of nitrogens with one attached hydrogen (secondary N) is 1. The summed E-state index contributed by atoms with van der Waals surface area (Å²) in [6.45, 7) is 4.03. The van der Waals surface area contributed by atoms with Crippen molar-refractivity contribution in [1.82, 2.24) is 10.3 Å². The topological polar surface area (TPSA) is 62.3 Å². The molecular formula is C26H23N3O2S. The van der Waals surface area contributed by atoms with Crippen LogP contribution in [0.25, 0.3) is 16.3 Å². The Morgan fingerprint density at radius 3 is 2.31 bits per heavy atom. The third-order valence-corrected chi connectivity index (χ3v) is 6.00. The summed E-state index contributed by atoms with van der Waals surface area (Å²) in [5, 5.41) is 3.22. The van der Waals surface area contributed by atoms with Gasteiger partial charge in [-0.3, -0.25) is 14.5 Å². The van der Waals surface area contributed by atoms with Gasteiger partial charge in [-0.15, -0.1) is 0 Å². The lowest BCUT2D eigenvalue weighted by Crippen LogP contribution is -2.23. The second-order valence-corrected chi connectivity index (χ2v) is 8.53. The average Bonchev–Trinajstić information content (AvgIpc) is 3.20. The molecule has 2 amide bonds. The Morgan fingerprint density at radius 2 is 1.66 bits per heavy atom. The molecule has 0 aliphatic rings. The van der Waals surface area contributed by atoms with Gasteiger partial charge in [0, 0.05) is 18.7 Å². The van der Waals surface area contributed by atoms with E-state index in [4.69, 9.17) is 4.98 Å². The minimum absolute atomic E-state index is 0.145. The molecule has 6 heteroatoms. The van der Waals surface area contributed by atoms with Crippen LogP contribution in [0, 0.1) is 13.8 Å². The Hall–Kier alpha value is -3.77. The van der Waals surface area contributed by atoms with Crippen molar-refractivity contribution in [3.05, 3.63) is 95.1 Å². The summed E-state index contributed by atoms with van der Waals surface area (Å²) >= 11 is 1.49. The van der Waals surface area contributed by atoms with Crippen molar-refractivity contribution in [1.29, 1.82) is 0 Å². The summed E-state index contributed by atoms with van der Waals surface area (Å²) in [6, 6.07) is 21.0. The van der Waals surface area contributed by atoms with Crippen molar-refractivity contribution in [2.45, 2.75) is 13.8 Å². The van der Waals surface area contributed by atoms with E-state index in [1.165, 1.54) is 11.3 Å². The van der Waals surface area contributed by atoms with Gasteiger partial charge in [-0.05, 0) is 73.0 Å². The zero-order valence-electron chi connectivity index (χ0n) is 18.1. The van der Waals surface area contributed by atoms with E-state index in [-0.39, 0.29) is 11.8 Å². The number of anilines is 2. The van der Waals surface area contributed by atoms with E-state index in [0.29, 0.717) is 10.7 Å². The van der Waals surface area contributed by atoms with Crippen LogP contribution in [0.5, 0.6) is 0 Å². The molecule has 0 atom stereocenters. The lowest BCUT2D eigenvalue weighted by atomic mass is 10.1. The molecule has 0 aliphatic heterocycles. The van der Waals surface area contributed by atoms with Crippen LogP contribution in [0.4, 0.5) is 10.8 Å². The maximum Gasteiger partial charge on any atom is 0.257 e. The standard InChI is InChI=1S/C26H23N3O2S/c1-17-14-18(2)16-21(15-17)29(26-28-22-6-4-5-7-23(22)32-26)24(30)13-10-19-8-11-20(12-9-19)25(31)27-3/h4-16H,1-3H3,(H,27,31).